The van der Waals surface area contributed by atoms with Crippen molar-refractivity contribution in [2.24, 2.45) is 0 Å². The molecule has 0 aliphatic heterocycles. The van der Waals surface area contributed by atoms with Crippen LogP contribution in [0.4, 0.5) is 6.01 Å². The van der Waals surface area contributed by atoms with Gasteiger partial charge in [0.15, 0.2) is 5.78 Å². The standard InChI is InChI=1S/C16H13N3O2.3C6H5.Sn/c1-11(13-9-5-6-10-14(13)20)17-16-19-18-15(21-16)12-7-3-2-4-8-12;3*1-2-4-6-5-3-1;/h2-10H,1H3,(H,17,19);3*1-5H;/b13-11-;;;;. The third-order valence-electron chi connectivity index (χ3n) is 6.22. The van der Waals surface area contributed by atoms with Gasteiger partial charge in [-0.2, -0.15) is 0 Å². The molecule has 1 aromatic heterocycles. The first-order chi connectivity index (χ1) is 19.7. The Labute approximate surface area is 241 Å². The summed E-state index contributed by atoms with van der Waals surface area (Å²) in [6.45, 7) is 1.79. The van der Waals surface area contributed by atoms with Gasteiger partial charge in [-0.05, 0) is 31.2 Å². The van der Waals surface area contributed by atoms with E-state index in [9.17, 15) is 4.79 Å². The van der Waals surface area contributed by atoms with Crippen LogP contribution >= 0.6 is 0 Å². The number of benzene rings is 4. The number of carbonyl (C=O) groups is 1. The molecule has 1 radical (unpaired) electrons. The van der Waals surface area contributed by atoms with E-state index in [0.29, 0.717) is 17.2 Å². The Morgan fingerprint density at radius 2 is 1.12 bits per heavy atom. The van der Waals surface area contributed by atoms with Crippen LogP contribution in [0, 0.1) is 0 Å². The second-order valence-corrected chi connectivity index (χ2v) is 16.1. The van der Waals surface area contributed by atoms with Gasteiger partial charge in [0.05, 0.1) is 0 Å². The number of rotatable bonds is 6. The molecular weight excluding hydrogens is 601 g/mol. The third-order valence-corrected chi connectivity index (χ3v) is 14.0. The van der Waals surface area contributed by atoms with Gasteiger partial charge in [0.25, 0.3) is 0 Å². The molecule has 0 unspecified atom stereocenters. The maximum absolute atomic E-state index is 11.8. The van der Waals surface area contributed by atoms with Crippen molar-refractivity contribution >= 4 is 42.3 Å². The second kappa shape index (κ2) is 13.5. The molecule has 6 rings (SSSR count). The zero-order valence-electron chi connectivity index (χ0n) is 22.1. The minimum atomic E-state index is -1.98. The summed E-state index contributed by atoms with van der Waals surface area (Å²) in [6.07, 6.45) is 6.79. The quantitative estimate of drug-likeness (QED) is 0.204. The van der Waals surface area contributed by atoms with Crippen molar-refractivity contribution in [3.8, 4) is 11.5 Å². The van der Waals surface area contributed by atoms with Gasteiger partial charge in [0, 0.05) is 16.8 Å². The van der Waals surface area contributed by atoms with Crippen LogP contribution in [0.25, 0.3) is 11.5 Å². The number of aromatic nitrogens is 2. The van der Waals surface area contributed by atoms with Gasteiger partial charge < -0.3 is 9.73 Å². The van der Waals surface area contributed by atoms with Gasteiger partial charge in [-0.15, -0.1) is 5.10 Å². The SMILES string of the molecule is C/C(Nc1nnc(-c2ccccc2)o1)=C1\C=CC=CC1=O.c1cc[c]([Sn]([c]2ccccc2)[c]2ccccc2)cc1. The van der Waals surface area contributed by atoms with Crippen LogP contribution in [0.1, 0.15) is 6.92 Å². The number of carbonyl (C=O) groups excluding carboxylic acids is 1. The van der Waals surface area contributed by atoms with Gasteiger partial charge in [-0.25, -0.2) is 0 Å². The fraction of sp³-hybridized carbons (Fsp3) is 0.0294. The third kappa shape index (κ3) is 6.93. The summed E-state index contributed by atoms with van der Waals surface area (Å²) in [5.41, 5.74) is 2.10. The van der Waals surface area contributed by atoms with Crippen LogP contribution in [0.3, 0.4) is 0 Å². The average Bonchev–Trinajstić information content (AvgIpc) is 3.48. The van der Waals surface area contributed by atoms with Crippen LogP contribution in [0.15, 0.2) is 161 Å². The van der Waals surface area contributed by atoms with E-state index in [1.54, 1.807) is 19.1 Å². The molecule has 5 nitrogen and oxygen atoms in total. The monoisotopic (exact) mass is 630 g/mol. The molecule has 0 spiro atoms. The summed E-state index contributed by atoms with van der Waals surface area (Å²) in [5.74, 6) is 0.381. The fourth-order valence-corrected chi connectivity index (χ4v) is 11.6. The maximum atomic E-state index is 11.8. The number of anilines is 1. The van der Waals surface area contributed by atoms with Crippen molar-refractivity contribution in [2.45, 2.75) is 6.92 Å². The molecule has 1 aliphatic carbocycles. The second-order valence-electron chi connectivity index (χ2n) is 9.00. The summed E-state index contributed by atoms with van der Waals surface area (Å²) in [7, 11) is 0. The van der Waals surface area contributed by atoms with E-state index in [1.807, 2.05) is 36.4 Å². The van der Waals surface area contributed by atoms with Gasteiger partial charge in [-0.3, -0.25) is 4.79 Å². The topological polar surface area (TPSA) is 68.0 Å². The summed E-state index contributed by atoms with van der Waals surface area (Å²) in [5, 5.41) is 10.9. The van der Waals surface area contributed by atoms with Crippen molar-refractivity contribution < 1.29 is 9.21 Å². The Hall–Kier alpha value is -4.49. The molecule has 6 heteroatoms. The van der Waals surface area contributed by atoms with Crippen LogP contribution in [0.5, 0.6) is 0 Å². The van der Waals surface area contributed by atoms with Gasteiger partial charge in [0.2, 0.25) is 5.89 Å². The Bertz CT molecular complexity index is 1530. The van der Waals surface area contributed by atoms with E-state index in [4.69, 9.17) is 4.42 Å². The Morgan fingerprint density at radius 1 is 0.650 bits per heavy atom. The van der Waals surface area contributed by atoms with Gasteiger partial charge in [0.1, 0.15) is 0 Å². The summed E-state index contributed by atoms with van der Waals surface area (Å²) in [6, 6.07) is 42.7. The van der Waals surface area contributed by atoms with Crippen molar-refractivity contribution in [1.82, 2.24) is 10.2 Å². The summed E-state index contributed by atoms with van der Waals surface area (Å²) >= 11 is -1.98. The van der Waals surface area contributed by atoms with Crippen molar-refractivity contribution in [3.63, 3.8) is 0 Å². The zero-order chi connectivity index (χ0) is 27.6. The average molecular weight is 629 g/mol. The molecule has 0 saturated heterocycles. The molecule has 0 saturated carbocycles. The van der Waals surface area contributed by atoms with E-state index in [1.165, 1.54) is 16.8 Å². The number of hydrogen-bond acceptors (Lipinski definition) is 5. The predicted octanol–water partition coefficient (Wildman–Crippen LogP) is 5.32. The molecular formula is C34H28N3O2Sn. The zero-order valence-corrected chi connectivity index (χ0v) is 24.9. The summed E-state index contributed by atoms with van der Waals surface area (Å²) in [4.78, 5) is 11.8. The minimum absolute atomic E-state index is 0.0506. The number of nitrogens with zero attached hydrogens (tertiary/aromatic N) is 2. The first-order valence-electron chi connectivity index (χ1n) is 13.0. The molecule has 5 aromatic rings. The van der Waals surface area contributed by atoms with E-state index in [0.717, 1.165) is 5.56 Å². The van der Waals surface area contributed by atoms with Crippen molar-refractivity contribution in [1.29, 1.82) is 0 Å². The molecule has 4 aromatic carbocycles. The number of allylic oxidation sites excluding steroid dienone is 6. The van der Waals surface area contributed by atoms with Gasteiger partial charge in [-0.1, -0.05) is 35.4 Å². The number of hydrogen-bond donors (Lipinski definition) is 1. The molecule has 1 aliphatic rings. The molecule has 0 atom stereocenters. The van der Waals surface area contributed by atoms with E-state index >= 15 is 0 Å². The van der Waals surface area contributed by atoms with Crippen LogP contribution < -0.4 is 16.1 Å². The normalized spacial score (nSPS) is 13.5. The Balaban J connectivity index is 0.000000162. The predicted molar refractivity (Wildman–Crippen MR) is 163 cm³/mol. The first kappa shape index (κ1) is 27.1. The molecule has 0 fully saturated rings. The summed E-state index contributed by atoms with van der Waals surface area (Å²) < 4.78 is 10.1. The van der Waals surface area contributed by atoms with Crippen molar-refractivity contribution in [3.05, 3.63) is 157 Å². The molecule has 0 bridgehead atoms. The molecule has 1 N–H and O–H groups in total. The molecule has 1 heterocycles. The van der Waals surface area contributed by atoms with Crippen LogP contribution in [0.2, 0.25) is 0 Å². The van der Waals surface area contributed by atoms with E-state index in [-0.39, 0.29) is 11.8 Å². The Kier molecular flexibility index (Phi) is 9.17. The van der Waals surface area contributed by atoms with Gasteiger partial charge >= 0.3 is 128 Å². The van der Waals surface area contributed by atoms with E-state index in [2.05, 4.69) is 107 Å². The number of ketones is 1. The Morgan fingerprint density at radius 3 is 1.62 bits per heavy atom. The fourth-order valence-electron chi connectivity index (χ4n) is 4.29. The molecule has 0 amide bonds. The van der Waals surface area contributed by atoms with E-state index < -0.39 is 19.8 Å². The van der Waals surface area contributed by atoms with Crippen LogP contribution in [-0.4, -0.2) is 35.7 Å². The molecule has 195 valence electrons. The molecule has 40 heavy (non-hydrogen) atoms. The first-order valence-corrected chi connectivity index (χ1v) is 17.3. The number of nitrogens with one attached hydrogen (secondary N) is 1. The van der Waals surface area contributed by atoms with Crippen LogP contribution in [-0.2, 0) is 4.79 Å². The van der Waals surface area contributed by atoms with Crippen molar-refractivity contribution in [2.75, 3.05) is 5.32 Å².